The Bertz CT molecular complexity index is 1620. The van der Waals surface area contributed by atoms with Gasteiger partial charge in [-0.2, -0.15) is 4.57 Å². The molecule has 0 fully saturated rings. The van der Waals surface area contributed by atoms with Gasteiger partial charge in [0.25, 0.3) is 0 Å². The molecule has 0 atom stereocenters. The van der Waals surface area contributed by atoms with Crippen molar-refractivity contribution in [1.29, 1.82) is 0 Å². The quantitative estimate of drug-likeness (QED) is 0.188. The lowest BCUT2D eigenvalue weighted by molar-refractivity contribution is 0.299. The Labute approximate surface area is 323 Å². The maximum absolute atomic E-state index is 15.7. The van der Waals surface area contributed by atoms with Gasteiger partial charge in [-0.15, -0.1) is 0 Å². The Hall–Kier alpha value is -3.31. The second kappa shape index (κ2) is 14.7. The molecule has 0 unspecified atom stereocenters. The molecular weight excluding hydrogens is 677 g/mol. The van der Waals surface area contributed by atoms with Gasteiger partial charge in [-0.3, -0.25) is 0 Å². The SMILES string of the molecule is CNc1c(OP(=O)(Oc2ccc(C(C)(C)C)c(C(C)(C)C)c2NC)Oc2ccc(C(C)(C)C)c(C(C)(C)C)c2NC)ccc(C(C)(C)C)c1C(C)(C)C. The van der Waals surface area contributed by atoms with Gasteiger partial charge in [0, 0.05) is 21.1 Å². The summed E-state index contributed by atoms with van der Waals surface area (Å²) < 4.78 is 35.7. The average Bonchev–Trinajstić information content (AvgIpc) is 2.97. The normalized spacial score (nSPS) is 13.5. The molecular formula is C45H72N3O4P. The summed E-state index contributed by atoms with van der Waals surface area (Å²) >= 11 is 0. The number of hydrogen-bond donors (Lipinski definition) is 3. The molecule has 3 aromatic carbocycles. The number of hydrogen-bond acceptors (Lipinski definition) is 7. The summed E-state index contributed by atoms with van der Waals surface area (Å²) in [4.78, 5) is 0. The molecule has 0 aliphatic rings. The molecule has 8 heteroatoms. The zero-order chi connectivity index (χ0) is 40.9. The second-order valence-corrected chi connectivity index (χ2v) is 22.0. The molecule has 296 valence electrons. The third-order valence-electron chi connectivity index (χ3n) is 9.56. The molecule has 0 spiro atoms. The van der Waals surface area contributed by atoms with E-state index in [4.69, 9.17) is 13.6 Å². The van der Waals surface area contributed by atoms with Crippen molar-refractivity contribution in [2.45, 2.75) is 157 Å². The fourth-order valence-electron chi connectivity index (χ4n) is 7.35. The van der Waals surface area contributed by atoms with Crippen LogP contribution in [0.2, 0.25) is 0 Å². The van der Waals surface area contributed by atoms with Crippen LogP contribution in [0.15, 0.2) is 36.4 Å². The molecule has 0 aliphatic heterocycles. The summed E-state index contributed by atoms with van der Waals surface area (Å²) in [6, 6.07) is 11.9. The van der Waals surface area contributed by atoms with Gasteiger partial charge in [0.2, 0.25) is 0 Å². The number of nitrogens with one attached hydrogen (secondary N) is 3. The van der Waals surface area contributed by atoms with Crippen LogP contribution in [-0.4, -0.2) is 21.1 Å². The summed E-state index contributed by atoms with van der Waals surface area (Å²) in [5.41, 5.74) is 7.77. The maximum atomic E-state index is 15.7. The Balaban J connectivity index is 2.47. The minimum absolute atomic E-state index is 0.150. The van der Waals surface area contributed by atoms with Gasteiger partial charge in [0.05, 0.1) is 17.1 Å². The predicted octanol–water partition coefficient (Wildman–Crippen LogP) is 13.2. The van der Waals surface area contributed by atoms with Crippen molar-refractivity contribution in [2.75, 3.05) is 37.1 Å². The van der Waals surface area contributed by atoms with Crippen LogP contribution in [0.1, 0.15) is 158 Å². The zero-order valence-corrected chi connectivity index (χ0v) is 37.9. The molecule has 0 radical (unpaired) electrons. The minimum Gasteiger partial charge on any atom is -0.385 e. The van der Waals surface area contributed by atoms with Gasteiger partial charge in [-0.25, -0.2) is 0 Å². The van der Waals surface area contributed by atoms with Crippen molar-refractivity contribution in [3.8, 4) is 17.2 Å². The van der Waals surface area contributed by atoms with E-state index in [0.29, 0.717) is 17.2 Å². The van der Waals surface area contributed by atoms with Crippen LogP contribution in [0, 0.1) is 0 Å². The van der Waals surface area contributed by atoms with Gasteiger partial charge in [-0.1, -0.05) is 143 Å². The molecule has 7 nitrogen and oxygen atoms in total. The molecule has 3 aromatic rings. The molecule has 0 saturated heterocycles. The van der Waals surface area contributed by atoms with Gasteiger partial charge < -0.3 is 29.5 Å². The Morgan fingerprint density at radius 3 is 0.736 bits per heavy atom. The number of benzene rings is 3. The van der Waals surface area contributed by atoms with Crippen LogP contribution in [0.25, 0.3) is 0 Å². The molecule has 3 N–H and O–H groups in total. The van der Waals surface area contributed by atoms with Crippen molar-refractivity contribution in [3.63, 3.8) is 0 Å². The average molecular weight is 750 g/mol. The number of anilines is 3. The van der Waals surface area contributed by atoms with E-state index < -0.39 is 7.82 Å². The minimum atomic E-state index is -4.51. The second-order valence-electron chi connectivity index (χ2n) is 20.6. The van der Waals surface area contributed by atoms with Crippen molar-refractivity contribution < 1.29 is 18.1 Å². The van der Waals surface area contributed by atoms with Gasteiger partial charge in [0.1, 0.15) is 0 Å². The summed E-state index contributed by atoms with van der Waals surface area (Å²) in [5, 5.41) is 10.2. The van der Waals surface area contributed by atoms with Gasteiger partial charge >= 0.3 is 7.82 Å². The fraction of sp³-hybridized carbons (Fsp3) is 0.600. The highest BCUT2D eigenvalue weighted by Crippen LogP contribution is 2.57. The van der Waals surface area contributed by atoms with Crippen molar-refractivity contribution >= 4 is 24.9 Å². The van der Waals surface area contributed by atoms with E-state index >= 15 is 4.57 Å². The molecule has 0 bridgehead atoms. The maximum Gasteiger partial charge on any atom is 0.647 e. The lowest BCUT2D eigenvalue weighted by Gasteiger charge is -2.35. The van der Waals surface area contributed by atoms with Crippen LogP contribution < -0.4 is 29.5 Å². The lowest BCUT2D eigenvalue weighted by Crippen LogP contribution is -2.25. The van der Waals surface area contributed by atoms with E-state index in [1.54, 1.807) is 0 Å². The Morgan fingerprint density at radius 1 is 0.377 bits per heavy atom. The van der Waals surface area contributed by atoms with Crippen LogP contribution in [0.5, 0.6) is 17.2 Å². The van der Waals surface area contributed by atoms with Gasteiger partial charge in [0.15, 0.2) is 17.2 Å². The Morgan fingerprint density at radius 2 is 0.585 bits per heavy atom. The highest BCUT2D eigenvalue weighted by molar-refractivity contribution is 7.49. The summed E-state index contributed by atoms with van der Waals surface area (Å²) in [6.45, 7) is 39.5. The lowest BCUT2D eigenvalue weighted by atomic mass is 9.74. The molecule has 3 rings (SSSR count). The summed E-state index contributed by atoms with van der Waals surface area (Å²) in [5.74, 6) is 1.15. The van der Waals surface area contributed by atoms with Crippen molar-refractivity contribution in [3.05, 3.63) is 69.8 Å². The Kier molecular flexibility index (Phi) is 12.3. The summed E-state index contributed by atoms with van der Waals surface area (Å²) in [6.07, 6.45) is 0. The molecule has 53 heavy (non-hydrogen) atoms. The molecule has 0 aliphatic carbocycles. The monoisotopic (exact) mass is 750 g/mol. The zero-order valence-electron chi connectivity index (χ0n) is 37.0. The first kappa shape index (κ1) is 44.1. The van der Waals surface area contributed by atoms with E-state index in [2.05, 4.69) is 159 Å². The topological polar surface area (TPSA) is 80.9 Å². The van der Waals surface area contributed by atoms with Crippen LogP contribution >= 0.6 is 7.82 Å². The molecule has 0 saturated carbocycles. The highest BCUT2D eigenvalue weighted by Gasteiger charge is 2.41. The third kappa shape index (κ3) is 9.68. The van der Waals surface area contributed by atoms with E-state index in [-0.39, 0.29) is 32.5 Å². The largest absolute Gasteiger partial charge is 0.647 e. The van der Waals surface area contributed by atoms with Crippen LogP contribution in [0.4, 0.5) is 17.1 Å². The van der Waals surface area contributed by atoms with Crippen molar-refractivity contribution in [2.24, 2.45) is 0 Å². The first-order chi connectivity index (χ1) is 23.8. The van der Waals surface area contributed by atoms with Crippen LogP contribution in [-0.2, 0) is 37.1 Å². The van der Waals surface area contributed by atoms with Crippen molar-refractivity contribution in [1.82, 2.24) is 0 Å². The van der Waals surface area contributed by atoms with E-state index in [9.17, 15) is 0 Å². The van der Waals surface area contributed by atoms with Crippen LogP contribution in [0.3, 0.4) is 0 Å². The van der Waals surface area contributed by atoms with E-state index in [1.807, 2.05) is 39.3 Å². The molecule has 0 heterocycles. The smallest absolute Gasteiger partial charge is 0.385 e. The summed E-state index contributed by atoms with van der Waals surface area (Å²) in [7, 11) is 1.11. The molecule has 0 aromatic heterocycles. The number of phosphoric acid groups is 1. The van der Waals surface area contributed by atoms with E-state index in [0.717, 1.165) is 33.8 Å². The first-order valence-corrected chi connectivity index (χ1v) is 20.5. The number of phosphoric ester groups is 1. The third-order valence-corrected chi connectivity index (χ3v) is 10.8. The predicted molar refractivity (Wildman–Crippen MR) is 230 cm³/mol. The molecule has 0 amide bonds. The highest BCUT2D eigenvalue weighted by atomic mass is 31.2. The fourth-order valence-corrected chi connectivity index (χ4v) is 8.64. The van der Waals surface area contributed by atoms with E-state index in [1.165, 1.54) is 16.7 Å². The standard InChI is InChI=1S/C45H72N3O4P/c1-40(2,3)28-22-25-31(37(46-19)34(28)43(10,11)12)50-53(49,51-32-26-23-29(41(4,5)6)35(38(32)47-20)44(13,14)15)52-33-27-24-30(42(7,8)9)36(39(33)48-21)45(16,17)18/h22-27,46-48H,1-21H3. The number of rotatable bonds is 9. The first-order valence-electron chi connectivity index (χ1n) is 19.1. The van der Waals surface area contributed by atoms with Gasteiger partial charge in [-0.05, 0) is 84.1 Å².